The molecule has 0 amide bonds. The van der Waals surface area contributed by atoms with Gasteiger partial charge in [-0.1, -0.05) is 23.2 Å². The van der Waals surface area contributed by atoms with Gasteiger partial charge in [0.05, 0.1) is 27.5 Å². The molecule has 16 heavy (non-hydrogen) atoms. The Balaban J connectivity index is 2.29. The van der Waals surface area contributed by atoms with Gasteiger partial charge in [-0.15, -0.1) is 0 Å². The Morgan fingerprint density at radius 1 is 1.31 bits per heavy atom. The number of halogens is 2. The number of hydrogen-bond acceptors (Lipinski definition) is 3. The smallest absolute Gasteiger partial charge is 0.0715 e. The molecule has 1 aliphatic rings. The molecule has 1 aromatic carbocycles. The molecule has 0 spiro atoms. The van der Waals surface area contributed by atoms with Gasteiger partial charge in [0, 0.05) is 13.1 Å². The summed E-state index contributed by atoms with van der Waals surface area (Å²) >= 11 is 11.8. The van der Waals surface area contributed by atoms with Crippen molar-refractivity contribution in [2.45, 2.75) is 18.9 Å². The average molecular weight is 261 g/mol. The Bertz CT molecular complexity index is 398. The molecule has 88 valence electrons. The Hall–Kier alpha value is -0.640. The van der Waals surface area contributed by atoms with Crippen molar-refractivity contribution < 1.29 is 5.11 Å². The summed E-state index contributed by atoms with van der Waals surface area (Å²) < 4.78 is 0. The zero-order valence-corrected chi connectivity index (χ0v) is 10.3. The van der Waals surface area contributed by atoms with E-state index >= 15 is 0 Å². The van der Waals surface area contributed by atoms with Crippen LogP contribution in [0.5, 0.6) is 0 Å². The van der Waals surface area contributed by atoms with E-state index in [4.69, 9.17) is 28.9 Å². The SMILES string of the molecule is Nc1cc(Cl)c(Cl)cc1N1CCCC(O)C1. The molecule has 1 unspecified atom stereocenters. The molecule has 0 bridgehead atoms. The maximum Gasteiger partial charge on any atom is 0.0715 e. The molecule has 3 N–H and O–H groups in total. The van der Waals surface area contributed by atoms with E-state index in [9.17, 15) is 5.11 Å². The standard InChI is InChI=1S/C11H14Cl2N2O/c12-8-4-10(14)11(5-9(8)13)15-3-1-2-7(16)6-15/h4-5,7,16H,1-3,6,14H2. The summed E-state index contributed by atoms with van der Waals surface area (Å²) in [6, 6.07) is 3.41. The van der Waals surface area contributed by atoms with Gasteiger partial charge in [-0.2, -0.15) is 0 Å². The first kappa shape index (κ1) is 11.8. The number of aliphatic hydroxyl groups excluding tert-OH is 1. The molecule has 3 nitrogen and oxygen atoms in total. The number of β-amino-alcohol motifs (C(OH)–C–C–N with tert-alkyl or cyclic N) is 1. The monoisotopic (exact) mass is 260 g/mol. The van der Waals surface area contributed by atoms with Crippen LogP contribution in [0.25, 0.3) is 0 Å². The van der Waals surface area contributed by atoms with E-state index < -0.39 is 0 Å². The summed E-state index contributed by atoms with van der Waals surface area (Å²) in [5.74, 6) is 0. The Morgan fingerprint density at radius 2 is 2.00 bits per heavy atom. The van der Waals surface area contributed by atoms with Crippen LogP contribution in [0.1, 0.15) is 12.8 Å². The van der Waals surface area contributed by atoms with E-state index in [0.29, 0.717) is 22.3 Å². The first-order chi connectivity index (χ1) is 7.58. The average Bonchev–Trinajstić information content (AvgIpc) is 2.23. The van der Waals surface area contributed by atoms with Crippen LogP contribution in [0, 0.1) is 0 Å². The minimum atomic E-state index is -0.289. The summed E-state index contributed by atoms with van der Waals surface area (Å²) in [5.41, 5.74) is 7.36. The first-order valence-corrected chi connectivity index (χ1v) is 6.01. The topological polar surface area (TPSA) is 49.5 Å². The van der Waals surface area contributed by atoms with E-state index in [1.165, 1.54) is 0 Å². The summed E-state index contributed by atoms with van der Waals surface area (Å²) in [7, 11) is 0. The van der Waals surface area contributed by atoms with E-state index in [2.05, 4.69) is 0 Å². The molecule has 1 saturated heterocycles. The van der Waals surface area contributed by atoms with Gasteiger partial charge >= 0.3 is 0 Å². The molecule has 1 fully saturated rings. The van der Waals surface area contributed by atoms with Crippen molar-refractivity contribution in [2.24, 2.45) is 0 Å². The maximum atomic E-state index is 9.61. The highest BCUT2D eigenvalue weighted by Crippen LogP contribution is 2.34. The normalized spacial score (nSPS) is 21.2. The number of benzene rings is 1. The summed E-state index contributed by atoms with van der Waals surface area (Å²) in [4.78, 5) is 2.05. The second-order valence-electron chi connectivity index (χ2n) is 4.07. The lowest BCUT2D eigenvalue weighted by atomic mass is 10.1. The molecule has 0 saturated carbocycles. The summed E-state index contributed by atoms with van der Waals surface area (Å²) in [6.07, 6.45) is 1.51. The van der Waals surface area contributed by atoms with Crippen LogP contribution in [0.15, 0.2) is 12.1 Å². The second-order valence-corrected chi connectivity index (χ2v) is 4.88. The highest BCUT2D eigenvalue weighted by molar-refractivity contribution is 6.42. The zero-order chi connectivity index (χ0) is 11.7. The molecule has 2 rings (SSSR count). The number of nitrogens with two attached hydrogens (primary N) is 1. The lowest BCUT2D eigenvalue weighted by Crippen LogP contribution is -2.38. The summed E-state index contributed by atoms with van der Waals surface area (Å²) in [6.45, 7) is 1.49. The molecule has 0 aromatic heterocycles. The second kappa shape index (κ2) is 4.70. The van der Waals surface area contributed by atoms with Crippen molar-refractivity contribution in [1.82, 2.24) is 0 Å². The number of nitrogens with zero attached hydrogens (tertiary/aromatic N) is 1. The fourth-order valence-electron chi connectivity index (χ4n) is 2.00. The molecule has 1 heterocycles. The van der Waals surface area contributed by atoms with E-state index in [1.54, 1.807) is 12.1 Å². The zero-order valence-electron chi connectivity index (χ0n) is 8.79. The van der Waals surface area contributed by atoms with Gasteiger partial charge in [-0.25, -0.2) is 0 Å². The van der Waals surface area contributed by atoms with Crippen LogP contribution in [0.4, 0.5) is 11.4 Å². The number of hydrogen-bond donors (Lipinski definition) is 2. The minimum absolute atomic E-state index is 0.289. The fraction of sp³-hybridized carbons (Fsp3) is 0.455. The van der Waals surface area contributed by atoms with Crippen molar-refractivity contribution in [2.75, 3.05) is 23.7 Å². The molecule has 5 heteroatoms. The van der Waals surface area contributed by atoms with Crippen LogP contribution < -0.4 is 10.6 Å². The van der Waals surface area contributed by atoms with Crippen molar-refractivity contribution in [3.8, 4) is 0 Å². The van der Waals surface area contributed by atoms with Gasteiger partial charge in [-0.3, -0.25) is 0 Å². The van der Waals surface area contributed by atoms with E-state index in [1.807, 2.05) is 4.90 Å². The van der Waals surface area contributed by atoms with Gasteiger partial charge in [0.25, 0.3) is 0 Å². The fourth-order valence-corrected chi connectivity index (χ4v) is 2.33. The van der Waals surface area contributed by atoms with Gasteiger partial charge in [0.1, 0.15) is 0 Å². The van der Waals surface area contributed by atoms with Gasteiger partial charge in [-0.05, 0) is 25.0 Å². The predicted molar refractivity (Wildman–Crippen MR) is 68.3 cm³/mol. The summed E-state index contributed by atoms with van der Waals surface area (Å²) in [5, 5.41) is 10.6. The van der Waals surface area contributed by atoms with Crippen molar-refractivity contribution in [1.29, 1.82) is 0 Å². The Kier molecular flexibility index (Phi) is 3.47. The molecule has 1 aliphatic heterocycles. The van der Waals surface area contributed by atoms with Gasteiger partial charge in [0.15, 0.2) is 0 Å². The quantitative estimate of drug-likeness (QED) is 0.764. The van der Waals surface area contributed by atoms with Crippen LogP contribution in [0.3, 0.4) is 0 Å². The number of piperidine rings is 1. The third-order valence-corrected chi connectivity index (χ3v) is 3.53. The lowest BCUT2D eigenvalue weighted by Gasteiger charge is -2.32. The van der Waals surface area contributed by atoms with E-state index in [0.717, 1.165) is 25.1 Å². The number of rotatable bonds is 1. The highest BCUT2D eigenvalue weighted by Gasteiger charge is 2.20. The van der Waals surface area contributed by atoms with E-state index in [-0.39, 0.29) is 6.10 Å². The van der Waals surface area contributed by atoms with Crippen LogP contribution in [-0.4, -0.2) is 24.3 Å². The van der Waals surface area contributed by atoms with Crippen LogP contribution in [-0.2, 0) is 0 Å². The largest absolute Gasteiger partial charge is 0.397 e. The van der Waals surface area contributed by atoms with Crippen molar-refractivity contribution >= 4 is 34.6 Å². The third kappa shape index (κ3) is 2.37. The van der Waals surface area contributed by atoms with Crippen molar-refractivity contribution in [3.05, 3.63) is 22.2 Å². The predicted octanol–water partition coefficient (Wildman–Crippen LogP) is 2.54. The third-order valence-electron chi connectivity index (χ3n) is 2.81. The molecule has 0 radical (unpaired) electrons. The number of anilines is 2. The molecular formula is C11H14Cl2N2O. The van der Waals surface area contributed by atoms with Crippen LogP contribution in [0.2, 0.25) is 10.0 Å². The Labute approximate surface area is 105 Å². The minimum Gasteiger partial charge on any atom is -0.397 e. The molecule has 1 aromatic rings. The lowest BCUT2D eigenvalue weighted by molar-refractivity contribution is 0.154. The molecule has 0 aliphatic carbocycles. The molecular weight excluding hydrogens is 247 g/mol. The first-order valence-electron chi connectivity index (χ1n) is 5.25. The van der Waals surface area contributed by atoms with Crippen molar-refractivity contribution in [3.63, 3.8) is 0 Å². The van der Waals surface area contributed by atoms with Crippen LogP contribution >= 0.6 is 23.2 Å². The maximum absolute atomic E-state index is 9.61. The number of nitrogen functional groups attached to an aromatic ring is 1. The van der Waals surface area contributed by atoms with Gasteiger partial charge < -0.3 is 15.7 Å². The molecule has 1 atom stereocenters. The van der Waals surface area contributed by atoms with Gasteiger partial charge in [0.2, 0.25) is 0 Å². The highest BCUT2D eigenvalue weighted by atomic mass is 35.5. The Morgan fingerprint density at radius 3 is 2.69 bits per heavy atom. The number of aliphatic hydroxyl groups is 1.